The molecular weight excluding hydrogens is 331 g/mol. The van der Waals surface area contributed by atoms with E-state index in [9.17, 15) is 9.18 Å². The van der Waals surface area contributed by atoms with Crippen molar-refractivity contribution in [3.63, 3.8) is 0 Å². The molecule has 1 aromatic heterocycles. The fourth-order valence-electron chi connectivity index (χ4n) is 3.59. The van der Waals surface area contributed by atoms with Crippen LogP contribution in [0.4, 0.5) is 9.18 Å². The molecule has 140 valence electrons. The van der Waals surface area contributed by atoms with E-state index >= 15 is 0 Å². The topological polar surface area (TPSA) is 50.2 Å². The zero-order valence-electron chi connectivity index (χ0n) is 15.5. The number of rotatable bonds is 6. The number of halogens is 1. The van der Waals surface area contributed by atoms with E-state index in [4.69, 9.17) is 0 Å². The van der Waals surface area contributed by atoms with Gasteiger partial charge in [-0.05, 0) is 37.3 Å². The van der Waals surface area contributed by atoms with E-state index in [0.717, 1.165) is 18.5 Å². The molecule has 0 saturated carbocycles. The van der Waals surface area contributed by atoms with Gasteiger partial charge in [-0.2, -0.15) is 5.10 Å². The molecule has 1 aliphatic heterocycles. The summed E-state index contributed by atoms with van der Waals surface area (Å²) in [5.41, 5.74) is 4.74. The number of aromatic nitrogens is 2. The van der Waals surface area contributed by atoms with Gasteiger partial charge in [0.1, 0.15) is 0 Å². The van der Waals surface area contributed by atoms with Crippen LogP contribution in [-0.4, -0.2) is 40.5 Å². The van der Waals surface area contributed by atoms with Crippen molar-refractivity contribution in [3.05, 3.63) is 52.8 Å². The summed E-state index contributed by atoms with van der Waals surface area (Å²) in [7, 11) is 1.94. The third-order valence-corrected chi connectivity index (χ3v) is 5.22. The maximum atomic E-state index is 12.6. The molecule has 26 heavy (non-hydrogen) atoms. The quantitative estimate of drug-likeness (QED) is 0.803. The SMILES string of the molecule is Cc1c(C2CN(C(=O)NCCCCCF)Cc3ccccc32)cnn1C. The van der Waals surface area contributed by atoms with Crippen LogP contribution in [0.2, 0.25) is 0 Å². The second-order valence-corrected chi connectivity index (χ2v) is 6.92. The van der Waals surface area contributed by atoms with Gasteiger partial charge in [0.2, 0.25) is 0 Å². The molecule has 0 aliphatic carbocycles. The Bertz CT molecular complexity index is 758. The van der Waals surface area contributed by atoms with Crippen molar-refractivity contribution in [1.82, 2.24) is 20.0 Å². The Hall–Kier alpha value is -2.37. The molecule has 0 bridgehead atoms. The molecule has 2 amide bonds. The first-order chi connectivity index (χ1) is 12.6. The summed E-state index contributed by atoms with van der Waals surface area (Å²) in [6.07, 6.45) is 4.09. The number of carbonyl (C=O) groups is 1. The van der Waals surface area contributed by atoms with Crippen molar-refractivity contribution in [3.8, 4) is 0 Å². The Labute approximate surface area is 154 Å². The lowest BCUT2D eigenvalue weighted by Crippen LogP contribution is -2.44. The molecule has 2 heterocycles. The van der Waals surface area contributed by atoms with Crippen LogP contribution >= 0.6 is 0 Å². The highest BCUT2D eigenvalue weighted by Crippen LogP contribution is 2.34. The fourth-order valence-corrected chi connectivity index (χ4v) is 3.59. The number of hydrogen-bond acceptors (Lipinski definition) is 2. The number of aryl methyl sites for hydroxylation is 1. The van der Waals surface area contributed by atoms with Gasteiger partial charge >= 0.3 is 6.03 Å². The van der Waals surface area contributed by atoms with Gasteiger partial charge in [-0.1, -0.05) is 24.3 Å². The van der Waals surface area contributed by atoms with Crippen LogP contribution in [0.1, 0.15) is 47.6 Å². The highest BCUT2D eigenvalue weighted by Gasteiger charge is 2.30. The van der Waals surface area contributed by atoms with Crippen molar-refractivity contribution in [1.29, 1.82) is 0 Å². The Morgan fingerprint density at radius 2 is 2.08 bits per heavy atom. The lowest BCUT2D eigenvalue weighted by atomic mass is 9.85. The van der Waals surface area contributed by atoms with E-state index in [-0.39, 0.29) is 18.6 Å². The maximum absolute atomic E-state index is 12.6. The van der Waals surface area contributed by atoms with Crippen molar-refractivity contribution in [2.75, 3.05) is 19.8 Å². The molecule has 6 heteroatoms. The first-order valence-corrected chi connectivity index (χ1v) is 9.27. The minimum atomic E-state index is -0.289. The third kappa shape index (κ3) is 3.89. The molecule has 1 aromatic carbocycles. The second-order valence-electron chi connectivity index (χ2n) is 6.92. The second kappa shape index (κ2) is 8.34. The molecule has 0 saturated heterocycles. The third-order valence-electron chi connectivity index (χ3n) is 5.22. The normalized spacial score (nSPS) is 16.4. The smallest absolute Gasteiger partial charge is 0.317 e. The number of alkyl halides is 1. The summed E-state index contributed by atoms with van der Waals surface area (Å²) >= 11 is 0. The van der Waals surface area contributed by atoms with Crippen LogP contribution in [0.15, 0.2) is 30.5 Å². The van der Waals surface area contributed by atoms with Gasteiger partial charge in [0, 0.05) is 43.9 Å². The van der Waals surface area contributed by atoms with Crippen molar-refractivity contribution >= 4 is 6.03 Å². The average Bonchev–Trinajstić information content (AvgIpc) is 2.99. The average molecular weight is 358 g/mol. The summed E-state index contributed by atoms with van der Waals surface area (Å²) in [5, 5.41) is 7.36. The largest absolute Gasteiger partial charge is 0.338 e. The van der Waals surface area contributed by atoms with Gasteiger partial charge < -0.3 is 10.2 Å². The zero-order chi connectivity index (χ0) is 18.5. The van der Waals surface area contributed by atoms with E-state index in [1.807, 2.05) is 28.9 Å². The molecule has 0 spiro atoms. The molecule has 0 fully saturated rings. The highest BCUT2D eigenvalue weighted by atomic mass is 19.1. The number of carbonyl (C=O) groups excluding carboxylic acids is 1. The molecule has 0 radical (unpaired) electrons. The number of fused-ring (bicyclic) bond motifs is 1. The van der Waals surface area contributed by atoms with E-state index in [1.165, 1.54) is 16.7 Å². The Kier molecular flexibility index (Phi) is 5.91. The minimum absolute atomic E-state index is 0.0497. The Morgan fingerprint density at radius 3 is 2.81 bits per heavy atom. The molecule has 3 rings (SSSR count). The van der Waals surface area contributed by atoms with Crippen molar-refractivity contribution in [2.24, 2.45) is 7.05 Å². The number of nitrogens with one attached hydrogen (secondary N) is 1. The predicted octanol–water partition coefficient (Wildman–Crippen LogP) is 3.53. The summed E-state index contributed by atoms with van der Waals surface area (Å²) < 4.78 is 14.0. The number of benzene rings is 1. The predicted molar refractivity (Wildman–Crippen MR) is 99.9 cm³/mol. The molecule has 1 unspecified atom stereocenters. The van der Waals surface area contributed by atoms with Crippen molar-refractivity contribution < 1.29 is 9.18 Å². The van der Waals surface area contributed by atoms with Gasteiger partial charge in [0.05, 0.1) is 12.9 Å². The molecule has 1 atom stereocenters. The van der Waals surface area contributed by atoms with Gasteiger partial charge in [0.15, 0.2) is 0 Å². The summed E-state index contributed by atoms with van der Waals surface area (Å²) in [4.78, 5) is 14.5. The van der Waals surface area contributed by atoms with Crippen LogP contribution in [-0.2, 0) is 13.6 Å². The molecule has 1 aliphatic rings. The summed E-state index contributed by atoms with van der Waals surface area (Å²) in [6.45, 7) is 3.62. The van der Waals surface area contributed by atoms with Crippen LogP contribution in [0.3, 0.4) is 0 Å². The number of hydrogen-bond donors (Lipinski definition) is 1. The molecular formula is C20H27FN4O. The Morgan fingerprint density at radius 1 is 1.27 bits per heavy atom. The lowest BCUT2D eigenvalue weighted by molar-refractivity contribution is 0.188. The van der Waals surface area contributed by atoms with Gasteiger partial charge in [-0.25, -0.2) is 4.79 Å². The summed E-state index contributed by atoms with van der Waals surface area (Å²) in [6, 6.07) is 8.27. The monoisotopic (exact) mass is 358 g/mol. The van der Waals surface area contributed by atoms with E-state index in [1.54, 1.807) is 0 Å². The maximum Gasteiger partial charge on any atom is 0.317 e. The van der Waals surface area contributed by atoms with Gasteiger partial charge in [-0.3, -0.25) is 9.07 Å². The van der Waals surface area contributed by atoms with E-state index in [0.29, 0.717) is 26.1 Å². The van der Waals surface area contributed by atoms with Gasteiger partial charge in [0.25, 0.3) is 0 Å². The number of unbranched alkanes of at least 4 members (excludes halogenated alkanes) is 2. The number of urea groups is 1. The Balaban J connectivity index is 1.74. The highest BCUT2D eigenvalue weighted by molar-refractivity contribution is 5.75. The van der Waals surface area contributed by atoms with Crippen molar-refractivity contribution in [2.45, 2.75) is 38.6 Å². The lowest BCUT2D eigenvalue weighted by Gasteiger charge is -2.34. The van der Waals surface area contributed by atoms with E-state index in [2.05, 4.69) is 35.5 Å². The first-order valence-electron chi connectivity index (χ1n) is 9.27. The number of amides is 2. The molecule has 2 aromatic rings. The first kappa shape index (κ1) is 18.4. The molecule has 5 nitrogen and oxygen atoms in total. The number of nitrogens with zero attached hydrogens (tertiary/aromatic N) is 3. The van der Waals surface area contributed by atoms with E-state index < -0.39 is 0 Å². The standard InChI is InChI=1S/C20H27FN4O/c1-15-18(12-23-24(15)2)19-14-25(13-16-8-4-5-9-17(16)19)20(26)22-11-7-3-6-10-21/h4-5,8-9,12,19H,3,6-7,10-11,13-14H2,1-2H3,(H,22,26). The van der Waals surface area contributed by atoms with Crippen LogP contribution in [0, 0.1) is 6.92 Å². The van der Waals surface area contributed by atoms with Crippen LogP contribution in [0.5, 0.6) is 0 Å². The van der Waals surface area contributed by atoms with Crippen LogP contribution in [0.25, 0.3) is 0 Å². The molecule has 1 N–H and O–H groups in total. The fraction of sp³-hybridized carbons (Fsp3) is 0.500. The van der Waals surface area contributed by atoms with Crippen LogP contribution < -0.4 is 5.32 Å². The summed E-state index contributed by atoms with van der Waals surface area (Å²) in [5.74, 6) is 0.130. The zero-order valence-corrected chi connectivity index (χ0v) is 15.5. The minimum Gasteiger partial charge on any atom is -0.338 e. The van der Waals surface area contributed by atoms with Gasteiger partial charge in [-0.15, -0.1) is 0 Å².